The lowest BCUT2D eigenvalue weighted by molar-refractivity contribution is 0.436. The van der Waals surface area contributed by atoms with Crippen LogP contribution in [-0.4, -0.2) is 4.57 Å². The van der Waals surface area contributed by atoms with E-state index in [1.165, 1.54) is 71.9 Å². The van der Waals surface area contributed by atoms with Crippen molar-refractivity contribution in [2.45, 2.75) is 5.41 Å². The fraction of sp³-hybridized carbons (Fsp3) is 0.0164. The average molecular weight is 817 g/mol. The molecule has 0 atom stereocenters. The van der Waals surface area contributed by atoms with E-state index in [1.54, 1.807) is 0 Å². The highest BCUT2D eigenvalue weighted by molar-refractivity contribution is 6.10. The first-order chi connectivity index (χ1) is 31.7. The topological polar surface area (TPSA) is 17.4 Å². The first-order valence-electron chi connectivity index (χ1n) is 22.0. The number of nitrogens with zero attached hydrogens (tertiary/aromatic N) is 2. The Labute approximate surface area is 372 Å². The number of rotatable bonds is 6. The standard InChI is InChI=1S/C61H40N2O/c1-3-17-41(18-4-1)42-19-15-23-46(37-42)62(48-34-36-58-52(40-48)50-26-8-12-30-57(50)63(58)45-21-5-2-6-22-45)47-24-16-20-43(38-47)44-33-35-54-51(39-44)49-25-7-9-27-53(49)61(54)55-28-10-13-31-59(55)64-60-32-14-11-29-56(60)61/h1-40H. The van der Waals surface area contributed by atoms with Gasteiger partial charge in [0.25, 0.3) is 0 Å². The van der Waals surface area contributed by atoms with Gasteiger partial charge in [0, 0.05) is 44.6 Å². The van der Waals surface area contributed by atoms with Crippen LogP contribution in [0.3, 0.4) is 0 Å². The maximum absolute atomic E-state index is 6.59. The molecule has 3 nitrogen and oxygen atoms in total. The zero-order chi connectivity index (χ0) is 42.2. The summed E-state index contributed by atoms with van der Waals surface area (Å²) in [6.07, 6.45) is 0. The number of ether oxygens (including phenoxy) is 1. The number of hydrogen-bond acceptors (Lipinski definition) is 2. The van der Waals surface area contributed by atoms with Gasteiger partial charge in [0.15, 0.2) is 0 Å². The Hall–Kier alpha value is -8.40. The van der Waals surface area contributed by atoms with Gasteiger partial charge in [0.2, 0.25) is 0 Å². The van der Waals surface area contributed by atoms with Gasteiger partial charge in [-0.25, -0.2) is 0 Å². The average Bonchev–Trinajstić information content (AvgIpc) is 3.85. The van der Waals surface area contributed by atoms with Crippen LogP contribution in [-0.2, 0) is 5.41 Å². The SMILES string of the molecule is c1ccc(-c2cccc(N(c3cccc(-c4ccc5c(c4)-c4ccccc4C54c5ccccc5Oc5ccccc54)c3)c3ccc4c(c3)c3ccccc3n4-c3ccccc3)c2)cc1. The summed E-state index contributed by atoms with van der Waals surface area (Å²) in [6, 6.07) is 88.1. The number of fused-ring (bicyclic) bond motifs is 12. The van der Waals surface area contributed by atoms with E-state index in [4.69, 9.17) is 4.74 Å². The lowest BCUT2D eigenvalue weighted by atomic mass is 9.66. The summed E-state index contributed by atoms with van der Waals surface area (Å²) in [5.41, 5.74) is 18.4. The second-order valence-electron chi connectivity index (χ2n) is 16.8. The summed E-state index contributed by atoms with van der Waals surface area (Å²) in [5, 5.41) is 2.43. The van der Waals surface area contributed by atoms with Gasteiger partial charge in [-0.1, -0.05) is 164 Å². The zero-order valence-corrected chi connectivity index (χ0v) is 34.9. The number of para-hydroxylation sites is 4. The summed E-state index contributed by atoms with van der Waals surface area (Å²) in [7, 11) is 0. The van der Waals surface area contributed by atoms with E-state index in [0.717, 1.165) is 39.8 Å². The summed E-state index contributed by atoms with van der Waals surface area (Å²) < 4.78 is 8.97. The quantitative estimate of drug-likeness (QED) is 0.166. The predicted octanol–water partition coefficient (Wildman–Crippen LogP) is 16.1. The molecule has 1 aliphatic carbocycles. The second kappa shape index (κ2) is 14.3. The van der Waals surface area contributed by atoms with Gasteiger partial charge in [-0.05, 0) is 123 Å². The molecule has 0 N–H and O–H groups in total. The Morgan fingerprint density at radius 2 is 0.859 bits per heavy atom. The predicted molar refractivity (Wildman–Crippen MR) is 264 cm³/mol. The Morgan fingerprint density at radius 1 is 0.328 bits per heavy atom. The van der Waals surface area contributed by atoms with Crippen molar-refractivity contribution >= 4 is 38.9 Å². The van der Waals surface area contributed by atoms with E-state index in [9.17, 15) is 0 Å². The fourth-order valence-corrected chi connectivity index (χ4v) is 10.7. The van der Waals surface area contributed by atoms with Crippen molar-refractivity contribution in [2.24, 2.45) is 0 Å². The smallest absolute Gasteiger partial charge is 0.132 e. The van der Waals surface area contributed by atoms with Gasteiger partial charge in [-0.15, -0.1) is 0 Å². The molecule has 64 heavy (non-hydrogen) atoms. The van der Waals surface area contributed by atoms with Crippen molar-refractivity contribution in [3.8, 4) is 50.6 Å². The summed E-state index contributed by atoms with van der Waals surface area (Å²) in [4.78, 5) is 2.41. The minimum atomic E-state index is -0.499. The van der Waals surface area contributed by atoms with Gasteiger partial charge < -0.3 is 14.2 Å². The maximum Gasteiger partial charge on any atom is 0.132 e. The number of anilines is 3. The highest BCUT2D eigenvalue weighted by Crippen LogP contribution is 2.62. The molecule has 0 radical (unpaired) electrons. The molecule has 0 fully saturated rings. The third-order valence-corrected chi connectivity index (χ3v) is 13.4. The summed E-state index contributed by atoms with van der Waals surface area (Å²) >= 11 is 0. The van der Waals surface area contributed by atoms with E-state index < -0.39 is 5.41 Å². The first kappa shape index (κ1) is 36.3. The Morgan fingerprint density at radius 3 is 1.59 bits per heavy atom. The molecule has 11 aromatic rings. The molecule has 10 aromatic carbocycles. The molecule has 1 aliphatic heterocycles. The molecule has 13 rings (SSSR count). The van der Waals surface area contributed by atoms with Crippen molar-refractivity contribution in [3.05, 3.63) is 265 Å². The van der Waals surface area contributed by atoms with E-state index in [2.05, 4.69) is 252 Å². The van der Waals surface area contributed by atoms with E-state index in [0.29, 0.717) is 0 Å². The number of aromatic nitrogens is 1. The van der Waals surface area contributed by atoms with Gasteiger partial charge in [-0.2, -0.15) is 0 Å². The van der Waals surface area contributed by atoms with E-state index in [-0.39, 0.29) is 0 Å². The largest absolute Gasteiger partial charge is 0.457 e. The second-order valence-corrected chi connectivity index (χ2v) is 16.8. The maximum atomic E-state index is 6.59. The highest BCUT2D eigenvalue weighted by Gasteiger charge is 2.50. The summed E-state index contributed by atoms with van der Waals surface area (Å²) in [5.74, 6) is 1.81. The van der Waals surface area contributed by atoms with Crippen LogP contribution >= 0.6 is 0 Å². The van der Waals surface area contributed by atoms with Crippen LogP contribution in [0, 0.1) is 0 Å². The molecule has 0 unspecified atom stereocenters. The molecular weight excluding hydrogens is 777 g/mol. The van der Waals surface area contributed by atoms with Gasteiger partial charge in [-0.3, -0.25) is 0 Å². The van der Waals surface area contributed by atoms with Crippen LogP contribution < -0.4 is 9.64 Å². The van der Waals surface area contributed by atoms with Crippen molar-refractivity contribution in [1.29, 1.82) is 0 Å². The van der Waals surface area contributed by atoms with Crippen LogP contribution in [0.2, 0.25) is 0 Å². The molecule has 2 heterocycles. The van der Waals surface area contributed by atoms with Crippen LogP contribution in [0.15, 0.2) is 243 Å². The van der Waals surface area contributed by atoms with Crippen LogP contribution in [0.25, 0.3) is 60.9 Å². The molecule has 0 amide bonds. The third kappa shape index (κ3) is 5.41. The summed E-state index contributed by atoms with van der Waals surface area (Å²) in [6.45, 7) is 0. The monoisotopic (exact) mass is 816 g/mol. The lowest BCUT2D eigenvalue weighted by Gasteiger charge is -2.39. The molecule has 3 heteroatoms. The molecule has 1 spiro atoms. The number of hydrogen-bond donors (Lipinski definition) is 0. The molecule has 0 bridgehead atoms. The minimum absolute atomic E-state index is 0.499. The molecule has 1 aromatic heterocycles. The minimum Gasteiger partial charge on any atom is -0.457 e. The highest BCUT2D eigenvalue weighted by atomic mass is 16.5. The van der Waals surface area contributed by atoms with Gasteiger partial charge in [0.1, 0.15) is 11.5 Å². The Kier molecular flexibility index (Phi) is 8.13. The molecule has 0 saturated heterocycles. The fourth-order valence-electron chi connectivity index (χ4n) is 10.7. The van der Waals surface area contributed by atoms with E-state index in [1.807, 2.05) is 0 Å². The van der Waals surface area contributed by atoms with E-state index >= 15 is 0 Å². The van der Waals surface area contributed by atoms with Crippen LogP contribution in [0.5, 0.6) is 11.5 Å². The van der Waals surface area contributed by atoms with Gasteiger partial charge in [0.05, 0.1) is 16.4 Å². The normalized spacial score (nSPS) is 12.9. The van der Waals surface area contributed by atoms with Crippen molar-refractivity contribution in [1.82, 2.24) is 4.57 Å². The first-order valence-corrected chi connectivity index (χ1v) is 22.0. The Balaban J connectivity index is 0.991. The van der Waals surface area contributed by atoms with Gasteiger partial charge >= 0.3 is 0 Å². The van der Waals surface area contributed by atoms with Crippen molar-refractivity contribution in [2.75, 3.05) is 4.90 Å². The zero-order valence-electron chi connectivity index (χ0n) is 34.9. The van der Waals surface area contributed by atoms with Crippen molar-refractivity contribution < 1.29 is 4.74 Å². The van der Waals surface area contributed by atoms with Crippen molar-refractivity contribution in [3.63, 3.8) is 0 Å². The van der Waals surface area contributed by atoms with Crippen LogP contribution in [0.1, 0.15) is 22.3 Å². The number of benzene rings is 10. The van der Waals surface area contributed by atoms with Crippen LogP contribution in [0.4, 0.5) is 17.1 Å². The molecular formula is C61H40N2O. The molecule has 2 aliphatic rings. The molecule has 300 valence electrons. The molecule has 0 saturated carbocycles. The third-order valence-electron chi connectivity index (χ3n) is 13.4. The lowest BCUT2D eigenvalue weighted by Crippen LogP contribution is -2.32. The Bertz CT molecular complexity index is 3560.